The van der Waals surface area contributed by atoms with Gasteiger partial charge in [0.25, 0.3) is 0 Å². The number of carbonyl (C=O) groups excluding carboxylic acids is 1. The van der Waals surface area contributed by atoms with Crippen molar-refractivity contribution >= 4 is 11.7 Å². The minimum Gasteiger partial charge on any atom is -0.465 e. The second-order valence-electron chi connectivity index (χ2n) is 2.91. The van der Waals surface area contributed by atoms with Gasteiger partial charge in [-0.3, -0.25) is 0 Å². The maximum absolute atomic E-state index is 12.6. The maximum Gasteiger partial charge on any atom is 0.417 e. The van der Waals surface area contributed by atoms with Gasteiger partial charge < -0.3 is 4.74 Å². The lowest BCUT2D eigenvalue weighted by atomic mass is 10.1. The molecule has 1 aromatic rings. The van der Waals surface area contributed by atoms with E-state index >= 15 is 0 Å². The first-order valence-corrected chi connectivity index (χ1v) is 4.25. The Balaban J connectivity index is 3.42. The number of hydrogen-bond donors (Lipinski definition) is 0. The molecule has 1 rings (SSSR count). The van der Waals surface area contributed by atoms with Crippen molar-refractivity contribution in [3.63, 3.8) is 0 Å². The first-order chi connectivity index (χ1) is 7.90. The molecule has 5 nitrogen and oxygen atoms in total. The molecule has 0 fully saturated rings. The number of nitrogens with zero attached hydrogens (tertiary/aromatic N) is 3. The van der Waals surface area contributed by atoms with E-state index in [9.17, 15) is 18.0 Å². The van der Waals surface area contributed by atoms with E-state index in [1.807, 2.05) is 0 Å². The van der Waals surface area contributed by atoms with E-state index in [1.165, 1.54) is 0 Å². The third-order valence-corrected chi connectivity index (χ3v) is 1.87. The van der Waals surface area contributed by atoms with Crippen LogP contribution in [-0.4, -0.2) is 13.1 Å². The Morgan fingerprint density at radius 3 is 2.59 bits per heavy atom. The number of methoxy groups -OCH3 is 1. The molecule has 0 bridgehead atoms. The van der Waals surface area contributed by atoms with Crippen molar-refractivity contribution in [2.45, 2.75) is 6.18 Å². The number of esters is 1. The lowest BCUT2D eigenvalue weighted by Gasteiger charge is -2.11. The molecule has 0 aromatic heterocycles. The molecular formula is C9H6F3N3O2. The summed E-state index contributed by atoms with van der Waals surface area (Å²) in [6.07, 6.45) is -4.73. The molecule has 0 unspecified atom stereocenters. The summed E-state index contributed by atoms with van der Waals surface area (Å²) in [7, 11) is 0.976. The van der Waals surface area contributed by atoms with Crippen LogP contribution < -0.4 is 0 Å². The molecule has 0 aliphatic rings. The number of hydrogen-bond acceptors (Lipinski definition) is 3. The SMILES string of the molecule is COC(=O)c1ccc(N=[N+]=[N-])cc1C(F)(F)F. The highest BCUT2D eigenvalue weighted by Gasteiger charge is 2.35. The third-order valence-electron chi connectivity index (χ3n) is 1.87. The average Bonchev–Trinajstić information content (AvgIpc) is 2.27. The van der Waals surface area contributed by atoms with Gasteiger partial charge in [0, 0.05) is 10.6 Å². The number of halogens is 3. The molecule has 0 atom stereocenters. The molecule has 0 heterocycles. The highest BCUT2D eigenvalue weighted by Crippen LogP contribution is 2.34. The smallest absolute Gasteiger partial charge is 0.417 e. The molecule has 8 heteroatoms. The summed E-state index contributed by atoms with van der Waals surface area (Å²) < 4.78 is 42.1. The Morgan fingerprint density at radius 2 is 2.12 bits per heavy atom. The van der Waals surface area contributed by atoms with E-state index in [0.29, 0.717) is 6.07 Å². The fourth-order valence-corrected chi connectivity index (χ4v) is 1.17. The summed E-state index contributed by atoms with van der Waals surface area (Å²) >= 11 is 0. The number of carbonyl (C=O) groups is 1. The Kier molecular flexibility index (Phi) is 3.59. The van der Waals surface area contributed by atoms with E-state index in [0.717, 1.165) is 19.2 Å². The van der Waals surface area contributed by atoms with Crippen LogP contribution in [-0.2, 0) is 10.9 Å². The summed E-state index contributed by atoms with van der Waals surface area (Å²) in [5, 5.41) is 3.04. The van der Waals surface area contributed by atoms with Crippen LogP contribution >= 0.6 is 0 Å². The molecule has 0 saturated carbocycles. The van der Waals surface area contributed by atoms with Crippen LogP contribution in [0, 0.1) is 0 Å². The third kappa shape index (κ3) is 2.88. The van der Waals surface area contributed by atoms with E-state index < -0.39 is 23.3 Å². The van der Waals surface area contributed by atoms with Crippen LogP contribution in [0.4, 0.5) is 18.9 Å². The van der Waals surface area contributed by atoms with E-state index in [1.54, 1.807) is 0 Å². The second-order valence-corrected chi connectivity index (χ2v) is 2.91. The summed E-state index contributed by atoms with van der Waals surface area (Å²) in [5.41, 5.74) is 6.07. The van der Waals surface area contributed by atoms with Crippen LogP contribution in [0.5, 0.6) is 0 Å². The number of benzene rings is 1. The van der Waals surface area contributed by atoms with Crippen LogP contribution in [0.3, 0.4) is 0 Å². The first-order valence-electron chi connectivity index (χ1n) is 4.25. The lowest BCUT2D eigenvalue weighted by molar-refractivity contribution is -0.138. The van der Waals surface area contributed by atoms with Crippen LogP contribution in [0.1, 0.15) is 15.9 Å². The predicted molar refractivity (Wildman–Crippen MR) is 51.6 cm³/mol. The van der Waals surface area contributed by atoms with E-state index in [4.69, 9.17) is 5.53 Å². The Bertz CT molecular complexity index is 493. The number of rotatable bonds is 2. The molecular weight excluding hydrogens is 239 g/mol. The second kappa shape index (κ2) is 4.75. The van der Waals surface area contributed by atoms with Crippen molar-refractivity contribution in [3.05, 3.63) is 39.8 Å². The molecule has 90 valence electrons. The summed E-state index contributed by atoms with van der Waals surface area (Å²) in [6, 6.07) is 2.59. The summed E-state index contributed by atoms with van der Waals surface area (Å²) in [6.45, 7) is 0. The van der Waals surface area contributed by atoms with Gasteiger partial charge in [0.15, 0.2) is 0 Å². The highest BCUT2D eigenvalue weighted by atomic mass is 19.4. The van der Waals surface area contributed by atoms with Crippen molar-refractivity contribution in [2.75, 3.05) is 7.11 Å². The zero-order chi connectivity index (χ0) is 13.1. The van der Waals surface area contributed by atoms with Gasteiger partial charge in [-0.2, -0.15) is 13.2 Å². The van der Waals surface area contributed by atoms with Crippen molar-refractivity contribution in [1.29, 1.82) is 0 Å². The normalized spacial score (nSPS) is 10.6. The van der Waals surface area contributed by atoms with Gasteiger partial charge in [0.1, 0.15) is 0 Å². The van der Waals surface area contributed by atoms with E-state index in [-0.39, 0.29) is 5.69 Å². The maximum atomic E-state index is 12.6. The number of alkyl halides is 3. The zero-order valence-electron chi connectivity index (χ0n) is 8.52. The minimum atomic E-state index is -4.73. The largest absolute Gasteiger partial charge is 0.465 e. The molecule has 0 spiro atoms. The molecule has 0 saturated heterocycles. The van der Waals surface area contributed by atoms with Crippen molar-refractivity contribution in [2.24, 2.45) is 5.11 Å². The monoisotopic (exact) mass is 245 g/mol. The highest BCUT2D eigenvalue weighted by molar-refractivity contribution is 5.91. The molecule has 17 heavy (non-hydrogen) atoms. The molecule has 0 aliphatic carbocycles. The van der Waals surface area contributed by atoms with Gasteiger partial charge >= 0.3 is 12.1 Å². The zero-order valence-corrected chi connectivity index (χ0v) is 8.52. The topological polar surface area (TPSA) is 75.1 Å². The molecule has 0 N–H and O–H groups in total. The van der Waals surface area contributed by atoms with Crippen molar-refractivity contribution in [3.8, 4) is 0 Å². The molecule has 0 aliphatic heterocycles. The van der Waals surface area contributed by atoms with Crippen molar-refractivity contribution < 1.29 is 22.7 Å². The standard InChI is InChI=1S/C9H6F3N3O2/c1-17-8(16)6-3-2-5(14-15-13)4-7(6)9(10,11)12/h2-4H,1H3. The first kappa shape index (κ1) is 12.9. The molecule has 0 radical (unpaired) electrons. The van der Waals surface area contributed by atoms with Crippen LogP contribution in [0.2, 0.25) is 0 Å². The summed E-state index contributed by atoms with van der Waals surface area (Å²) in [5.74, 6) is -1.11. The lowest BCUT2D eigenvalue weighted by Crippen LogP contribution is -2.13. The van der Waals surface area contributed by atoms with Gasteiger partial charge in [0.05, 0.1) is 18.2 Å². The van der Waals surface area contributed by atoms with Gasteiger partial charge in [-0.25, -0.2) is 4.79 Å². The fraction of sp³-hybridized carbons (Fsp3) is 0.222. The van der Waals surface area contributed by atoms with Crippen molar-refractivity contribution in [1.82, 2.24) is 0 Å². The molecule has 1 aromatic carbocycles. The number of azide groups is 1. The van der Waals surface area contributed by atoms with Gasteiger partial charge in [0.2, 0.25) is 0 Å². The quantitative estimate of drug-likeness (QED) is 0.346. The Labute approximate surface area is 93.4 Å². The van der Waals surface area contributed by atoms with E-state index in [2.05, 4.69) is 14.8 Å². The average molecular weight is 245 g/mol. The Morgan fingerprint density at radius 1 is 1.47 bits per heavy atom. The number of ether oxygens (including phenoxy) is 1. The van der Waals surface area contributed by atoms with Gasteiger partial charge in [-0.05, 0) is 17.7 Å². The van der Waals surface area contributed by atoms with Crippen LogP contribution in [0.15, 0.2) is 23.3 Å². The summed E-state index contributed by atoms with van der Waals surface area (Å²) in [4.78, 5) is 13.5. The predicted octanol–water partition coefficient (Wildman–Crippen LogP) is 3.43. The fourth-order valence-electron chi connectivity index (χ4n) is 1.17. The Hall–Kier alpha value is -2.21. The van der Waals surface area contributed by atoms with Gasteiger partial charge in [-0.1, -0.05) is 11.2 Å². The van der Waals surface area contributed by atoms with Gasteiger partial charge in [-0.15, -0.1) is 0 Å². The minimum absolute atomic E-state index is 0.229. The molecule has 0 amide bonds. The van der Waals surface area contributed by atoms with Crippen LogP contribution in [0.25, 0.3) is 10.4 Å².